The fraction of sp³-hybridized carbons (Fsp3) is 0.174. The molecule has 0 aliphatic rings. The molecule has 0 aliphatic carbocycles. The number of ketones is 1. The minimum atomic E-state index is -0.409. The summed E-state index contributed by atoms with van der Waals surface area (Å²) in [7, 11) is 0. The van der Waals surface area contributed by atoms with Crippen molar-refractivity contribution < 1.29 is 9.59 Å². The molecule has 156 valence electrons. The highest BCUT2D eigenvalue weighted by Gasteiger charge is 2.13. The summed E-state index contributed by atoms with van der Waals surface area (Å²) in [6.07, 6.45) is 2.36. The molecule has 1 N–H and O–H groups in total. The third-order valence-electron chi connectivity index (χ3n) is 5.02. The predicted octanol–water partition coefficient (Wildman–Crippen LogP) is 2.96. The average Bonchev–Trinajstić information content (AvgIpc) is 3.21. The van der Waals surface area contributed by atoms with Gasteiger partial charge in [-0.15, -0.1) is 0 Å². The average molecular weight is 415 g/mol. The van der Waals surface area contributed by atoms with Gasteiger partial charge in [0.05, 0.1) is 5.69 Å². The van der Waals surface area contributed by atoms with E-state index in [-0.39, 0.29) is 12.3 Å². The van der Waals surface area contributed by atoms with E-state index in [0.717, 1.165) is 16.7 Å². The monoisotopic (exact) mass is 415 g/mol. The Morgan fingerprint density at radius 1 is 1.03 bits per heavy atom. The maximum Gasteiger partial charge on any atom is 0.293 e. The number of carbonyl (C=O) groups excluding carboxylic acids is 2. The van der Waals surface area contributed by atoms with Crippen LogP contribution in [0.3, 0.4) is 0 Å². The summed E-state index contributed by atoms with van der Waals surface area (Å²) < 4.78 is 2.51. The Morgan fingerprint density at radius 2 is 1.74 bits per heavy atom. The van der Waals surface area contributed by atoms with Crippen LogP contribution in [-0.4, -0.2) is 31.1 Å². The SMILES string of the molecule is CCc1ccc(-c2cc3c(=O)n(CC(=O)Nc4ccc(C(C)=O)cc4)ncn3n2)cc1. The van der Waals surface area contributed by atoms with Gasteiger partial charge >= 0.3 is 0 Å². The summed E-state index contributed by atoms with van der Waals surface area (Å²) in [5.41, 5.74) is 3.80. The zero-order valence-corrected chi connectivity index (χ0v) is 17.2. The maximum absolute atomic E-state index is 12.8. The quantitative estimate of drug-likeness (QED) is 0.488. The second-order valence-corrected chi connectivity index (χ2v) is 7.19. The van der Waals surface area contributed by atoms with Crippen molar-refractivity contribution in [3.05, 3.63) is 82.4 Å². The van der Waals surface area contributed by atoms with Crippen molar-refractivity contribution in [2.24, 2.45) is 0 Å². The number of Topliss-reactive ketones (excluding diaryl/α,β-unsaturated/α-hetero) is 1. The highest BCUT2D eigenvalue weighted by atomic mass is 16.2. The van der Waals surface area contributed by atoms with Gasteiger partial charge in [-0.05, 0) is 49.2 Å². The van der Waals surface area contributed by atoms with E-state index in [4.69, 9.17) is 0 Å². The van der Waals surface area contributed by atoms with E-state index in [2.05, 4.69) is 22.4 Å². The zero-order chi connectivity index (χ0) is 22.0. The van der Waals surface area contributed by atoms with E-state index < -0.39 is 11.5 Å². The molecule has 2 heterocycles. The van der Waals surface area contributed by atoms with Crippen LogP contribution in [0.5, 0.6) is 0 Å². The Hall–Kier alpha value is -4.07. The normalized spacial score (nSPS) is 10.9. The van der Waals surface area contributed by atoms with Gasteiger partial charge in [0, 0.05) is 16.8 Å². The molecule has 0 spiro atoms. The van der Waals surface area contributed by atoms with Crippen LogP contribution in [0.4, 0.5) is 5.69 Å². The molecule has 2 aromatic heterocycles. The number of aromatic nitrogens is 4. The van der Waals surface area contributed by atoms with E-state index in [1.807, 2.05) is 24.3 Å². The van der Waals surface area contributed by atoms with Crippen molar-refractivity contribution in [1.82, 2.24) is 19.4 Å². The number of nitrogens with zero attached hydrogens (tertiary/aromatic N) is 4. The number of anilines is 1. The summed E-state index contributed by atoms with van der Waals surface area (Å²) in [5.74, 6) is -0.451. The number of carbonyl (C=O) groups is 2. The topological polar surface area (TPSA) is 98.4 Å². The molecule has 0 saturated heterocycles. The molecule has 0 atom stereocenters. The molecule has 2 aromatic carbocycles. The van der Waals surface area contributed by atoms with Gasteiger partial charge in [-0.3, -0.25) is 14.4 Å². The Morgan fingerprint density at radius 3 is 2.39 bits per heavy atom. The molecule has 8 heteroatoms. The molecule has 8 nitrogen and oxygen atoms in total. The molecule has 0 radical (unpaired) electrons. The molecule has 0 aliphatic heterocycles. The second kappa shape index (κ2) is 8.35. The van der Waals surface area contributed by atoms with E-state index in [1.54, 1.807) is 30.3 Å². The van der Waals surface area contributed by atoms with Crippen molar-refractivity contribution in [3.63, 3.8) is 0 Å². The van der Waals surface area contributed by atoms with Gasteiger partial charge in [0.1, 0.15) is 18.4 Å². The summed E-state index contributed by atoms with van der Waals surface area (Å²) >= 11 is 0. The van der Waals surface area contributed by atoms with Crippen LogP contribution in [0, 0.1) is 0 Å². The number of nitrogens with one attached hydrogen (secondary N) is 1. The molecule has 1 amide bonds. The lowest BCUT2D eigenvalue weighted by Crippen LogP contribution is -2.30. The van der Waals surface area contributed by atoms with E-state index in [9.17, 15) is 14.4 Å². The fourth-order valence-corrected chi connectivity index (χ4v) is 3.23. The van der Waals surface area contributed by atoms with Gasteiger partial charge in [0.15, 0.2) is 5.78 Å². The van der Waals surface area contributed by atoms with Crippen LogP contribution in [-0.2, 0) is 17.8 Å². The minimum Gasteiger partial charge on any atom is -0.324 e. The Kier molecular flexibility index (Phi) is 5.44. The van der Waals surface area contributed by atoms with Gasteiger partial charge in [-0.25, -0.2) is 9.20 Å². The first-order valence-corrected chi connectivity index (χ1v) is 9.90. The zero-order valence-electron chi connectivity index (χ0n) is 17.2. The van der Waals surface area contributed by atoms with Crippen LogP contribution >= 0.6 is 0 Å². The fourth-order valence-electron chi connectivity index (χ4n) is 3.23. The van der Waals surface area contributed by atoms with Crippen molar-refractivity contribution in [3.8, 4) is 11.3 Å². The molecular weight excluding hydrogens is 394 g/mol. The number of aryl methyl sites for hydroxylation is 1. The number of hydrogen-bond donors (Lipinski definition) is 1. The maximum atomic E-state index is 12.8. The Balaban J connectivity index is 1.54. The van der Waals surface area contributed by atoms with Gasteiger partial charge < -0.3 is 5.32 Å². The largest absolute Gasteiger partial charge is 0.324 e. The lowest BCUT2D eigenvalue weighted by atomic mass is 10.1. The van der Waals surface area contributed by atoms with Crippen LogP contribution in [0.15, 0.2) is 65.7 Å². The molecule has 31 heavy (non-hydrogen) atoms. The van der Waals surface area contributed by atoms with Crippen LogP contribution in [0.2, 0.25) is 0 Å². The third kappa shape index (κ3) is 4.28. The summed E-state index contributed by atoms with van der Waals surface area (Å²) in [4.78, 5) is 36.5. The molecular formula is C23H21N5O3. The van der Waals surface area contributed by atoms with Gasteiger partial charge in [0.25, 0.3) is 5.56 Å². The standard InChI is InChI=1S/C23H21N5O3/c1-3-16-4-6-18(7-5-16)20-12-21-23(31)27(24-14-28(21)26-20)13-22(30)25-19-10-8-17(9-11-19)15(2)29/h4-12,14H,3,13H2,1-2H3,(H,25,30). The molecule has 0 saturated carbocycles. The third-order valence-corrected chi connectivity index (χ3v) is 5.02. The van der Waals surface area contributed by atoms with E-state index >= 15 is 0 Å². The van der Waals surface area contributed by atoms with Crippen molar-refractivity contribution in [2.75, 3.05) is 5.32 Å². The van der Waals surface area contributed by atoms with Gasteiger partial charge in [-0.1, -0.05) is 31.2 Å². The van der Waals surface area contributed by atoms with Crippen molar-refractivity contribution in [1.29, 1.82) is 0 Å². The second-order valence-electron chi connectivity index (χ2n) is 7.19. The predicted molar refractivity (Wildman–Crippen MR) is 117 cm³/mol. The van der Waals surface area contributed by atoms with Crippen molar-refractivity contribution >= 4 is 22.9 Å². The van der Waals surface area contributed by atoms with E-state index in [0.29, 0.717) is 22.5 Å². The molecule has 0 bridgehead atoms. The highest BCUT2D eigenvalue weighted by Crippen LogP contribution is 2.19. The minimum absolute atomic E-state index is 0.0524. The molecule has 4 aromatic rings. The number of benzene rings is 2. The Labute approximate surface area is 178 Å². The number of amides is 1. The first-order chi connectivity index (χ1) is 14.9. The van der Waals surface area contributed by atoms with Crippen LogP contribution in [0.25, 0.3) is 16.8 Å². The lowest BCUT2D eigenvalue weighted by molar-refractivity contribution is -0.117. The van der Waals surface area contributed by atoms with Crippen LogP contribution < -0.4 is 10.9 Å². The molecule has 4 rings (SSSR count). The summed E-state index contributed by atoms with van der Waals surface area (Å²) in [6.45, 7) is 3.32. The lowest BCUT2D eigenvalue weighted by Gasteiger charge is -2.07. The van der Waals surface area contributed by atoms with Crippen molar-refractivity contribution in [2.45, 2.75) is 26.8 Å². The highest BCUT2D eigenvalue weighted by molar-refractivity contribution is 5.95. The van der Waals surface area contributed by atoms with Gasteiger partial charge in [0.2, 0.25) is 5.91 Å². The molecule has 0 unspecified atom stereocenters. The number of fused-ring (bicyclic) bond motifs is 1. The number of rotatable bonds is 6. The first-order valence-electron chi connectivity index (χ1n) is 9.90. The van der Waals surface area contributed by atoms with Crippen LogP contribution in [0.1, 0.15) is 29.8 Å². The summed E-state index contributed by atoms with van der Waals surface area (Å²) in [5, 5.41) is 11.2. The first kappa shape index (κ1) is 20.2. The molecule has 0 fully saturated rings. The number of hydrogen-bond acceptors (Lipinski definition) is 5. The van der Waals surface area contributed by atoms with E-state index in [1.165, 1.54) is 23.3 Å². The van der Waals surface area contributed by atoms with Gasteiger partial charge in [-0.2, -0.15) is 10.2 Å². The summed E-state index contributed by atoms with van der Waals surface area (Å²) in [6, 6.07) is 16.2. The smallest absolute Gasteiger partial charge is 0.293 e. The Bertz CT molecular complexity index is 1320.